The minimum Gasteiger partial charge on any atom is -0.494 e. The number of fused-ring (bicyclic) bond motifs is 2. The van der Waals surface area contributed by atoms with Crippen molar-refractivity contribution >= 4 is 21.9 Å². The Balaban J connectivity index is 2.10. The molecule has 0 bridgehead atoms. The Morgan fingerprint density at radius 1 is 1.05 bits per heavy atom. The minimum absolute atomic E-state index is 0.784. The van der Waals surface area contributed by atoms with Crippen LogP contribution in [0.15, 0.2) is 54.9 Å². The van der Waals surface area contributed by atoms with Gasteiger partial charge in [0.2, 0.25) is 0 Å². The van der Waals surface area contributed by atoms with Gasteiger partial charge in [0, 0.05) is 11.1 Å². The van der Waals surface area contributed by atoms with E-state index in [1.165, 1.54) is 0 Å². The van der Waals surface area contributed by atoms with Crippen LogP contribution in [0.5, 0.6) is 5.75 Å². The number of imidazole rings is 1. The first-order valence-electron chi connectivity index (χ1n) is 7.15. The highest BCUT2D eigenvalue weighted by Gasteiger charge is 2.12. The van der Waals surface area contributed by atoms with E-state index in [-0.39, 0.29) is 0 Å². The number of ether oxygens (including phenoxy) is 1. The lowest BCUT2D eigenvalue weighted by Crippen LogP contribution is -1.98. The summed E-state index contributed by atoms with van der Waals surface area (Å²) in [6, 6.07) is 16.2. The average molecular weight is 289 g/mol. The van der Waals surface area contributed by atoms with Gasteiger partial charge in [-0.3, -0.25) is 4.57 Å². The van der Waals surface area contributed by atoms with E-state index >= 15 is 0 Å². The fraction of sp³-hybridized carbons (Fsp3) is 0.111. The molecule has 0 unspecified atom stereocenters. The van der Waals surface area contributed by atoms with Crippen molar-refractivity contribution in [1.82, 2.24) is 14.5 Å². The molecule has 0 amide bonds. The van der Waals surface area contributed by atoms with Gasteiger partial charge in [0.1, 0.15) is 17.6 Å². The molecule has 2 aromatic heterocycles. The van der Waals surface area contributed by atoms with Crippen LogP contribution in [0.2, 0.25) is 0 Å². The van der Waals surface area contributed by atoms with Gasteiger partial charge in [0.05, 0.1) is 23.8 Å². The van der Waals surface area contributed by atoms with Crippen LogP contribution in [0, 0.1) is 6.92 Å². The Morgan fingerprint density at radius 2 is 1.91 bits per heavy atom. The first kappa shape index (κ1) is 12.8. The molecule has 0 N–H and O–H groups in total. The van der Waals surface area contributed by atoms with Crippen LogP contribution in [-0.4, -0.2) is 21.6 Å². The highest BCUT2D eigenvalue weighted by atomic mass is 16.5. The zero-order valence-electron chi connectivity index (χ0n) is 12.4. The number of hydrogen-bond acceptors (Lipinski definition) is 3. The molecule has 0 fully saturated rings. The Hall–Kier alpha value is -2.88. The quantitative estimate of drug-likeness (QED) is 0.562. The third kappa shape index (κ3) is 1.84. The van der Waals surface area contributed by atoms with Crippen LogP contribution < -0.4 is 4.74 Å². The third-order valence-electron chi connectivity index (χ3n) is 3.84. The van der Waals surface area contributed by atoms with Gasteiger partial charge in [-0.05, 0) is 31.2 Å². The maximum Gasteiger partial charge on any atom is 0.145 e. The van der Waals surface area contributed by atoms with E-state index in [0.717, 1.165) is 39.1 Å². The molecule has 108 valence electrons. The van der Waals surface area contributed by atoms with E-state index in [1.807, 2.05) is 43.6 Å². The smallest absolute Gasteiger partial charge is 0.145 e. The molecule has 0 radical (unpaired) electrons. The molecule has 2 heterocycles. The van der Waals surface area contributed by atoms with Crippen LogP contribution >= 0.6 is 0 Å². The second-order valence-corrected chi connectivity index (χ2v) is 5.24. The van der Waals surface area contributed by atoms with Gasteiger partial charge < -0.3 is 4.74 Å². The highest BCUT2D eigenvalue weighted by Crippen LogP contribution is 2.30. The van der Waals surface area contributed by atoms with Crippen molar-refractivity contribution in [1.29, 1.82) is 0 Å². The van der Waals surface area contributed by atoms with Crippen LogP contribution in [0.4, 0.5) is 0 Å². The number of nitrogens with zero attached hydrogens (tertiary/aromatic N) is 3. The lowest BCUT2D eigenvalue weighted by atomic mass is 10.1. The van der Waals surface area contributed by atoms with Crippen molar-refractivity contribution in [3.8, 4) is 11.4 Å². The summed E-state index contributed by atoms with van der Waals surface area (Å²) in [6.07, 6.45) is 1.86. The molecule has 0 atom stereocenters. The largest absolute Gasteiger partial charge is 0.494 e. The van der Waals surface area contributed by atoms with Gasteiger partial charge in [-0.15, -0.1) is 0 Å². The Labute approximate surface area is 128 Å². The lowest BCUT2D eigenvalue weighted by Gasteiger charge is -2.12. The first-order valence-corrected chi connectivity index (χ1v) is 7.15. The second-order valence-electron chi connectivity index (χ2n) is 5.24. The molecule has 4 nitrogen and oxygen atoms in total. The van der Waals surface area contributed by atoms with Crippen LogP contribution in [-0.2, 0) is 0 Å². The number of methoxy groups -OCH3 is 1. The molecule has 4 rings (SSSR count). The zero-order chi connectivity index (χ0) is 15.1. The maximum absolute atomic E-state index is 5.45. The van der Waals surface area contributed by atoms with E-state index in [9.17, 15) is 0 Å². The number of rotatable bonds is 2. The van der Waals surface area contributed by atoms with Crippen LogP contribution in [0.25, 0.3) is 27.6 Å². The second kappa shape index (κ2) is 4.84. The minimum atomic E-state index is 0.784. The zero-order valence-corrected chi connectivity index (χ0v) is 12.4. The molecule has 2 aromatic carbocycles. The summed E-state index contributed by atoms with van der Waals surface area (Å²) in [6.45, 7) is 1.99. The monoisotopic (exact) mass is 289 g/mol. The number of hydrogen-bond donors (Lipinski definition) is 0. The first-order chi connectivity index (χ1) is 10.8. The molecule has 0 aliphatic heterocycles. The molecule has 0 saturated carbocycles. The Morgan fingerprint density at radius 3 is 2.77 bits per heavy atom. The summed E-state index contributed by atoms with van der Waals surface area (Å²) in [5.74, 6) is 0.784. The Kier molecular flexibility index (Phi) is 2.82. The van der Waals surface area contributed by atoms with Gasteiger partial charge >= 0.3 is 0 Å². The molecule has 0 spiro atoms. The molecular weight excluding hydrogens is 274 g/mol. The summed E-state index contributed by atoms with van der Waals surface area (Å²) in [4.78, 5) is 9.12. The lowest BCUT2D eigenvalue weighted by molar-refractivity contribution is 0.419. The van der Waals surface area contributed by atoms with E-state index in [4.69, 9.17) is 4.74 Å². The summed E-state index contributed by atoms with van der Waals surface area (Å²) >= 11 is 0. The van der Waals surface area contributed by atoms with E-state index in [1.54, 1.807) is 7.11 Å². The number of aryl methyl sites for hydroxylation is 1. The maximum atomic E-state index is 5.45. The molecule has 4 heteroatoms. The predicted octanol–water partition coefficient (Wildman–Crippen LogP) is 3.89. The normalized spacial score (nSPS) is 11.2. The van der Waals surface area contributed by atoms with Crippen molar-refractivity contribution in [2.75, 3.05) is 7.11 Å². The van der Waals surface area contributed by atoms with Crippen LogP contribution in [0.3, 0.4) is 0 Å². The third-order valence-corrected chi connectivity index (χ3v) is 3.84. The van der Waals surface area contributed by atoms with E-state index < -0.39 is 0 Å². The Bertz CT molecular complexity index is 988. The molecular formula is C18H15N3O. The van der Waals surface area contributed by atoms with Crippen molar-refractivity contribution in [3.63, 3.8) is 0 Å². The summed E-state index contributed by atoms with van der Waals surface area (Å²) in [5.41, 5.74) is 4.95. The average Bonchev–Trinajstić information content (AvgIpc) is 2.97. The molecule has 22 heavy (non-hydrogen) atoms. The fourth-order valence-electron chi connectivity index (χ4n) is 2.84. The standard InChI is InChI=1S/C18H15N3O/c1-12-10-16(13-6-5-9-17(22-2)18(13)20-12)21-11-19-14-7-3-4-8-15(14)21/h3-11H,1-2H3. The predicted molar refractivity (Wildman–Crippen MR) is 87.7 cm³/mol. The summed E-state index contributed by atoms with van der Waals surface area (Å²) < 4.78 is 7.56. The molecule has 0 saturated heterocycles. The van der Waals surface area contributed by atoms with Gasteiger partial charge in [-0.1, -0.05) is 24.3 Å². The molecule has 4 aromatic rings. The molecule has 0 aliphatic rings. The van der Waals surface area contributed by atoms with Gasteiger partial charge in [-0.2, -0.15) is 0 Å². The SMILES string of the molecule is COc1cccc2c(-n3cnc4ccccc43)cc(C)nc12. The van der Waals surface area contributed by atoms with E-state index in [2.05, 4.69) is 32.7 Å². The van der Waals surface area contributed by atoms with Crippen molar-refractivity contribution in [2.24, 2.45) is 0 Å². The van der Waals surface area contributed by atoms with Crippen molar-refractivity contribution in [2.45, 2.75) is 6.92 Å². The van der Waals surface area contributed by atoms with Crippen LogP contribution in [0.1, 0.15) is 5.69 Å². The van der Waals surface area contributed by atoms with Gasteiger partial charge in [0.15, 0.2) is 0 Å². The molecule has 0 aliphatic carbocycles. The summed E-state index contributed by atoms with van der Waals surface area (Å²) in [7, 11) is 1.67. The summed E-state index contributed by atoms with van der Waals surface area (Å²) in [5, 5.41) is 1.05. The topological polar surface area (TPSA) is 39.9 Å². The van der Waals surface area contributed by atoms with Gasteiger partial charge in [-0.25, -0.2) is 9.97 Å². The number of para-hydroxylation sites is 3. The fourth-order valence-corrected chi connectivity index (χ4v) is 2.84. The van der Waals surface area contributed by atoms with Gasteiger partial charge in [0.25, 0.3) is 0 Å². The number of benzene rings is 2. The highest BCUT2D eigenvalue weighted by molar-refractivity contribution is 5.93. The number of pyridine rings is 1. The van der Waals surface area contributed by atoms with E-state index in [0.29, 0.717) is 0 Å². The van der Waals surface area contributed by atoms with Crippen molar-refractivity contribution < 1.29 is 4.74 Å². The number of aromatic nitrogens is 3. The van der Waals surface area contributed by atoms with Crippen molar-refractivity contribution in [3.05, 3.63) is 60.6 Å².